The van der Waals surface area contributed by atoms with E-state index in [-0.39, 0.29) is 31.3 Å². The molecule has 2 aromatic carbocycles. The molecule has 1 aliphatic rings. The lowest BCUT2D eigenvalue weighted by molar-refractivity contribution is -0.138. The van der Waals surface area contributed by atoms with Gasteiger partial charge in [0.1, 0.15) is 0 Å². The topological polar surface area (TPSA) is 86.6 Å². The van der Waals surface area contributed by atoms with E-state index in [0.29, 0.717) is 5.69 Å². The van der Waals surface area contributed by atoms with Gasteiger partial charge in [-0.15, -0.1) is 0 Å². The number of benzene rings is 2. The molecule has 23 heavy (non-hydrogen) atoms. The van der Waals surface area contributed by atoms with Crippen molar-refractivity contribution < 1.29 is 19.8 Å². The van der Waals surface area contributed by atoms with Crippen molar-refractivity contribution in [3.8, 4) is 11.1 Å². The van der Waals surface area contributed by atoms with Crippen LogP contribution in [0, 0.1) is 0 Å². The lowest BCUT2D eigenvalue weighted by atomic mass is 9.98. The summed E-state index contributed by atoms with van der Waals surface area (Å²) in [6, 6.07) is 13.5. The van der Waals surface area contributed by atoms with Gasteiger partial charge in [0, 0.05) is 18.0 Å². The van der Waals surface area contributed by atoms with E-state index in [2.05, 4.69) is 5.32 Å². The van der Waals surface area contributed by atoms with Gasteiger partial charge in [-0.2, -0.15) is 0 Å². The Labute approximate surface area is 133 Å². The molecule has 0 radical (unpaired) electrons. The summed E-state index contributed by atoms with van der Waals surface area (Å²) in [4.78, 5) is 22.3. The molecule has 0 heterocycles. The van der Waals surface area contributed by atoms with Gasteiger partial charge in [-0.25, -0.2) is 0 Å². The minimum atomic E-state index is -0.995. The van der Waals surface area contributed by atoms with Crippen LogP contribution < -0.4 is 5.32 Å². The minimum Gasteiger partial charge on any atom is -0.481 e. The average molecular weight is 311 g/mol. The summed E-state index contributed by atoms with van der Waals surface area (Å²) < 4.78 is 0. The highest BCUT2D eigenvalue weighted by Crippen LogP contribution is 2.45. The van der Waals surface area contributed by atoms with E-state index >= 15 is 0 Å². The second-order valence-electron chi connectivity index (χ2n) is 5.57. The lowest BCUT2D eigenvalue weighted by Crippen LogP contribution is -2.13. The second-order valence-corrected chi connectivity index (χ2v) is 5.57. The average Bonchev–Trinajstić information content (AvgIpc) is 2.86. The van der Waals surface area contributed by atoms with Gasteiger partial charge in [0.15, 0.2) is 0 Å². The van der Waals surface area contributed by atoms with Crippen molar-refractivity contribution in [1.82, 2.24) is 0 Å². The summed E-state index contributed by atoms with van der Waals surface area (Å²) in [6.07, 6.45) is -0.252. The van der Waals surface area contributed by atoms with Crippen molar-refractivity contribution in [2.45, 2.75) is 18.8 Å². The molecule has 2 aromatic rings. The molecule has 0 aromatic heterocycles. The molecule has 0 fully saturated rings. The molecule has 1 aliphatic carbocycles. The molecular weight excluding hydrogens is 294 g/mol. The molecule has 3 N–H and O–H groups in total. The number of aliphatic hydroxyl groups is 1. The van der Waals surface area contributed by atoms with Crippen molar-refractivity contribution in [2.24, 2.45) is 0 Å². The van der Waals surface area contributed by atoms with Gasteiger partial charge in [0.05, 0.1) is 13.0 Å². The Morgan fingerprint density at radius 2 is 1.74 bits per heavy atom. The summed E-state index contributed by atoms with van der Waals surface area (Å²) in [5, 5.41) is 21.1. The zero-order valence-corrected chi connectivity index (χ0v) is 12.5. The summed E-state index contributed by atoms with van der Waals surface area (Å²) >= 11 is 0. The predicted octanol–water partition coefficient (Wildman–Crippen LogP) is 2.59. The van der Waals surface area contributed by atoms with Gasteiger partial charge in [-0.05, 0) is 34.4 Å². The third-order valence-electron chi connectivity index (χ3n) is 4.09. The SMILES string of the molecule is O=C(O)CCC(=O)Nc1ccc2c(c1)C(CO)c1ccccc1-2. The van der Waals surface area contributed by atoms with Crippen LogP contribution in [0.3, 0.4) is 0 Å². The Balaban J connectivity index is 1.85. The maximum Gasteiger partial charge on any atom is 0.303 e. The van der Waals surface area contributed by atoms with Gasteiger partial charge >= 0.3 is 5.97 Å². The van der Waals surface area contributed by atoms with Gasteiger partial charge in [0.2, 0.25) is 5.91 Å². The third kappa shape index (κ3) is 2.96. The highest BCUT2D eigenvalue weighted by Gasteiger charge is 2.28. The van der Waals surface area contributed by atoms with E-state index in [1.807, 2.05) is 36.4 Å². The first-order chi connectivity index (χ1) is 11.1. The Morgan fingerprint density at radius 1 is 1.00 bits per heavy atom. The number of aliphatic carboxylic acids is 1. The fourth-order valence-electron chi connectivity index (χ4n) is 3.03. The van der Waals surface area contributed by atoms with E-state index in [1.165, 1.54) is 0 Å². The van der Waals surface area contributed by atoms with E-state index in [0.717, 1.165) is 22.3 Å². The zero-order valence-electron chi connectivity index (χ0n) is 12.5. The molecule has 1 atom stereocenters. The quantitative estimate of drug-likeness (QED) is 0.792. The fraction of sp³-hybridized carbons (Fsp3) is 0.222. The number of amides is 1. The van der Waals surface area contributed by atoms with Crippen LogP contribution in [0.25, 0.3) is 11.1 Å². The lowest BCUT2D eigenvalue weighted by Gasteiger charge is -2.11. The van der Waals surface area contributed by atoms with Crippen LogP contribution >= 0.6 is 0 Å². The molecule has 0 spiro atoms. The molecule has 118 valence electrons. The molecular formula is C18H17NO4. The first-order valence-corrected chi connectivity index (χ1v) is 7.46. The number of anilines is 1. The largest absolute Gasteiger partial charge is 0.481 e. The molecule has 1 unspecified atom stereocenters. The zero-order chi connectivity index (χ0) is 16.4. The standard InChI is InChI=1S/C18H17NO4/c20-10-16-13-4-2-1-3-12(13)14-6-5-11(9-15(14)16)19-17(21)7-8-18(22)23/h1-6,9,16,20H,7-8,10H2,(H,19,21)(H,22,23). The van der Waals surface area contributed by atoms with Crippen LogP contribution in [-0.4, -0.2) is 28.7 Å². The normalized spacial score (nSPS) is 14.9. The van der Waals surface area contributed by atoms with E-state index < -0.39 is 5.97 Å². The van der Waals surface area contributed by atoms with E-state index in [4.69, 9.17) is 5.11 Å². The number of hydrogen-bond acceptors (Lipinski definition) is 3. The Bertz CT molecular complexity index is 769. The summed E-state index contributed by atoms with van der Waals surface area (Å²) in [5.41, 5.74) is 4.84. The maximum atomic E-state index is 11.8. The van der Waals surface area contributed by atoms with Crippen LogP contribution in [0.15, 0.2) is 42.5 Å². The van der Waals surface area contributed by atoms with E-state index in [9.17, 15) is 14.7 Å². The monoisotopic (exact) mass is 311 g/mol. The molecule has 0 bridgehead atoms. The number of nitrogens with one attached hydrogen (secondary N) is 1. The number of carboxylic acids is 1. The molecule has 0 aliphatic heterocycles. The number of fused-ring (bicyclic) bond motifs is 3. The van der Waals surface area contributed by atoms with Crippen LogP contribution in [-0.2, 0) is 9.59 Å². The molecule has 0 saturated carbocycles. The number of carboxylic acid groups (broad SMARTS) is 1. The molecule has 3 rings (SSSR count). The van der Waals surface area contributed by atoms with Crippen LogP contribution in [0.2, 0.25) is 0 Å². The first-order valence-electron chi connectivity index (χ1n) is 7.46. The number of carbonyl (C=O) groups is 2. The number of rotatable bonds is 5. The predicted molar refractivity (Wildman–Crippen MR) is 86.3 cm³/mol. The van der Waals surface area contributed by atoms with E-state index in [1.54, 1.807) is 6.07 Å². The summed E-state index contributed by atoms with van der Waals surface area (Å²) in [6.45, 7) is 0.000424. The Kier molecular flexibility index (Phi) is 4.12. The molecule has 5 nitrogen and oxygen atoms in total. The van der Waals surface area contributed by atoms with Crippen molar-refractivity contribution in [3.63, 3.8) is 0 Å². The first kappa shape index (κ1) is 15.2. The van der Waals surface area contributed by atoms with Crippen molar-refractivity contribution in [2.75, 3.05) is 11.9 Å². The number of carbonyl (C=O) groups excluding carboxylic acids is 1. The molecule has 1 amide bonds. The van der Waals surface area contributed by atoms with Crippen LogP contribution in [0.4, 0.5) is 5.69 Å². The maximum absolute atomic E-state index is 11.8. The van der Waals surface area contributed by atoms with Crippen LogP contribution in [0.1, 0.15) is 29.9 Å². The van der Waals surface area contributed by atoms with Crippen molar-refractivity contribution >= 4 is 17.6 Å². The fourth-order valence-corrected chi connectivity index (χ4v) is 3.03. The smallest absolute Gasteiger partial charge is 0.303 e. The minimum absolute atomic E-state index is 0.000424. The van der Waals surface area contributed by atoms with Crippen LogP contribution in [0.5, 0.6) is 0 Å². The number of aliphatic hydroxyl groups excluding tert-OH is 1. The summed E-state index contributed by atoms with van der Waals surface area (Å²) in [7, 11) is 0. The van der Waals surface area contributed by atoms with Gasteiger partial charge in [0.25, 0.3) is 0 Å². The van der Waals surface area contributed by atoms with Crippen molar-refractivity contribution in [1.29, 1.82) is 0 Å². The Morgan fingerprint density at radius 3 is 2.48 bits per heavy atom. The second kappa shape index (κ2) is 6.22. The van der Waals surface area contributed by atoms with Gasteiger partial charge < -0.3 is 15.5 Å². The highest BCUT2D eigenvalue weighted by atomic mass is 16.4. The number of hydrogen-bond donors (Lipinski definition) is 3. The van der Waals surface area contributed by atoms with Crippen molar-refractivity contribution in [3.05, 3.63) is 53.6 Å². The van der Waals surface area contributed by atoms with Gasteiger partial charge in [-0.1, -0.05) is 30.3 Å². The van der Waals surface area contributed by atoms with Gasteiger partial charge in [-0.3, -0.25) is 9.59 Å². The summed E-state index contributed by atoms with van der Waals surface area (Å²) in [5.74, 6) is -1.43. The highest BCUT2D eigenvalue weighted by molar-refractivity contribution is 5.93. The Hall–Kier alpha value is -2.66. The third-order valence-corrected chi connectivity index (χ3v) is 4.09. The molecule has 5 heteroatoms. The molecule has 0 saturated heterocycles.